The first-order valence-electron chi connectivity index (χ1n) is 8.33. The zero-order valence-electron chi connectivity index (χ0n) is 14.4. The first-order valence-corrected chi connectivity index (χ1v) is 8.71. The summed E-state index contributed by atoms with van der Waals surface area (Å²) in [6, 6.07) is 10.6. The maximum absolute atomic E-state index is 12.2. The third-order valence-electron chi connectivity index (χ3n) is 4.25. The van der Waals surface area contributed by atoms with Gasteiger partial charge in [-0.25, -0.2) is 5.43 Å². The highest BCUT2D eigenvalue weighted by molar-refractivity contribution is 6.32. The van der Waals surface area contributed by atoms with E-state index < -0.39 is 0 Å². The van der Waals surface area contributed by atoms with Crippen LogP contribution < -0.4 is 15.1 Å². The summed E-state index contributed by atoms with van der Waals surface area (Å²) in [6.07, 6.45) is 3.86. The van der Waals surface area contributed by atoms with Crippen LogP contribution in [0.1, 0.15) is 28.8 Å². The number of rotatable bonds is 5. The number of phenols is 1. The lowest BCUT2D eigenvalue weighted by atomic mass is 10.2. The van der Waals surface area contributed by atoms with Crippen molar-refractivity contribution in [3.63, 3.8) is 0 Å². The standard InChI is InChI=1S/C19H20ClN3O3/c1-26-17-11-13(10-16(20)18(17)24)12-21-22-19(25)14-4-6-15(7-5-14)23-8-2-3-9-23/h4-7,10-12,24H,2-3,8-9H2,1H3,(H,22,25)/b21-12+. The lowest BCUT2D eigenvalue weighted by Crippen LogP contribution is -2.19. The third-order valence-corrected chi connectivity index (χ3v) is 4.54. The van der Waals surface area contributed by atoms with Gasteiger partial charge >= 0.3 is 0 Å². The molecule has 0 bridgehead atoms. The number of anilines is 1. The van der Waals surface area contributed by atoms with Crippen molar-refractivity contribution in [3.05, 3.63) is 52.5 Å². The summed E-state index contributed by atoms with van der Waals surface area (Å²) in [5.41, 5.74) is 4.74. The van der Waals surface area contributed by atoms with Crippen molar-refractivity contribution in [1.29, 1.82) is 0 Å². The van der Waals surface area contributed by atoms with E-state index in [-0.39, 0.29) is 22.4 Å². The number of methoxy groups -OCH3 is 1. The SMILES string of the molecule is COc1cc(/C=N/NC(=O)c2ccc(N3CCCC3)cc2)cc(Cl)c1O. The van der Waals surface area contributed by atoms with Crippen molar-refractivity contribution >= 4 is 29.4 Å². The van der Waals surface area contributed by atoms with Crippen LogP contribution >= 0.6 is 11.6 Å². The van der Waals surface area contributed by atoms with E-state index in [1.807, 2.05) is 12.1 Å². The molecule has 2 N–H and O–H groups in total. The number of hydrazone groups is 1. The number of benzene rings is 2. The van der Waals surface area contributed by atoms with E-state index in [2.05, 4.69) is 15.4 Å². The molecule has 0 spiro atoms. The molecule has 1 amide bonds. The maximum Gasteiger partial charge on any atom is 0.271 e. The van der Waals surface area contributed by atoms with Crippen molar-refractivity contribution in [1.82, 2.24) is 5.43 Å². The molecule has 1 saturated heterocycles. The molecule has 3 rings (SSSR count). The number of carbonyl (C=O) groups is 1. The summed E-state index contributed by atoms with van der Waals surface area (Å²) in [6.45, 7) is 2.13. The lowest BCUT2D eigenvalue weighted by Gasteiger charge is -2.17. The molecule has 0 atom stereocenters. The van der Waals surface area contributed by atoms with Crippen LogP contribution in [0, 0.1) is 0 Å². The van der Waals surface area contributed by atoms with E-state index in [0.29, 0.717) is 11.1 Å². The van der Waals surface area contributed by atoms with Crippen molar-refractivity contribution in [2.24, 2.45) is 5.10 Å². The van der Waals surface area contributed by atoms with Gasteiger partial charge in [0, 0.05) is 24.3 Å². The Morgan fingerprint density at radius 1 is 1.27 bits per heavy atom. The molecule has 1 fully saturated rings. The van der Waals surface area contributed by atoms with Crippen LogP contribution in [-0.2, 0) is 0 Å². The van der Waals surface area contributed by atoms with Gasteiger partial charge < -0.3 is 14.7 Å². The molecule has 0 radical (unpaired) electrons. The number of nitrogens with one attached hydrogen (secondary N) is 1. The molecule has 2 aromatic rings. The second kappa shape index (κ2) is 8.10. The minimum absolute atomic E-state index is 0.131. The fraction of sp³-hybridized carbons (Fsp3) is 0.263. The number of aromatic hydroxyl groups is 1. The predicted octanol–water partition coefficient (Wildman–Crippen LogP) is 3.42. The Labute approximate surface area is 157 Å². The Morgan fingerprint density at radius 2 is 1.96 bits per heavy atom. The van der Waals surface area contributed by atoms with Gasteiger partial charge in [-0.15, -0.1) is 0 Å². The van der Waals surface area contributed by atoms with Gasteiger partial charge in [0.2, 0.25) is 0 Å². The molecule has 1 heterocycles. The second-order valence-electron chi connectivity index (χ2n) is 5.99. The van der Waals surface area contributed by atoms with Crippen LogP contribution in [0.2, 0.25) is 5.02 Å². The van der Waals surface area contributed by atoms with Gasteiger partial charge in [0.1, 0.15) is 0 Å². The maximum atomic E-state index is 12.2. The molecular formula is C19H20ClN3O3. The minimum atomic E-state index is -0.300. The van der Waals surface area contributed by atoms with Crippen molar-refractivity contribution in [2.45, 2.75) is 12.8 Å². The lowest BCUT2D eigenvalue weighted by molar-refractivity contribution is 0.0955. The minimum Gasteiger partial charge on any atom is -0.503 e. The van der Waals surface area contributed by atoms with Crippen molar-refractivity contribution in [3.8, 4) is 11.5 Å². The summed E-state index contributed by atoms with van der Waals surface area (Å²) in [7, 11) is 1.43. The van der Waals surface area contributed by atoms with E-state index >= 15 is 0 Å². The average Bonchev–Trinajstić information content (AvgIpc) is 3.19. The summed E-state index contributed by atoms with van der Waals surface area (Å²) in [5, 5.41) is 13.8. The van der Waals surface area contributed by atoms with Gasteiger partial charge in [0.25, 0.3) is 5.91 Å². The molecule has 2 aromatic carbocycles. The number of hydrogen-bond acceptors (Lipinski definition) is 5. The van der Waals surface area contributed by atoms with Gasteiger partial charge in [-0.05, 0) is 54.8 Å². The van der Waals surface area contributed by atoms with Crippen LogP contribution in [0.3, 0.4) is 0 Å². The number of ether oxygens (including phenoxy) is 1. The molecule has 6 nitrogen and oxygen atoms in total. The number of carbonyl (C=O) groups excluding carboxylic acids is 1. The monoisotopic (exact) mass is 373 g/mol. The van der Waals surface area contributed by atoms with E-state index in [4.69, 9.17) is 16.3 Å². The summed E-state index contributed by atoms with van der Waals surface area (Å²) in [4.78, 5) is 14.5. The quantitative estimate of drug-likeness (QED) is 0.622. The number of halogens is 1. The summed E-state index contributed by atoms with van der Waals surface area (Å²) < 4.78 is 5.03. The molecule has 0 aliphatic carbocycles. The van der Waals surface area contributed by atoms with E-state index in [0.717, 1.165) is 18.8 Å². The molecule has 0 aromatic heterocycles. The van der Waals surface area contributed by atoms with Gasteiger partial charge in [-0.1, -0.05) is 11.6 Å². The summed E-state index contributed by atoms with van der Waals surface area (Å²) in [5.74, 6) is -0.192. The van der Waals surface area contributed by atoms with Crippen molar-refractivity contribution in [2.75, 3.05) is 25.1 Å². The first-order chi connectivity index (χ1) is 12.6. The van der Waals surface area contributed by atoms with Gasteiger partial charge in [0.05, 0.1) is 18.3 Å². The highest BCUT2D eigenvalue weighted by Gasteiger charge is 2.13. The van der Waals surface area contributed by atoms with Crippen LogP contribution in [0.4, 0.5) is 5.69 Å². The summed E-state index contributed by atoms with van der Waals surface area (Å²) >= 11 is 5.92. The third kappa shape index (κ3) is 4.08. The second-order valence-corrected chi connectivity index (χ2v) is 6.40. The zero-order valence-corrected chi connectivity index (χ0v) is 15.2. The number of amides is 1. The number of nitrogens with zero attached hydrogens (tertiary/aromatic N) is 2. The molecule has 1 aliphatic rings. The predicted molar refractivity (Wildman–Crippen MR) is 103 cm³/mol. The molecule has 0 saturated carbocycles. The molecule has 136 valence electrons. The van der Waals surface area contributed by atoms with E-state index in [1.54, 1.807) is 18.2 Å². The highest BCUT2D eigenvalue weighted by Crippen LogP contribution is 2.34. The Kier molecular flexibility index (Phi) is 5.63. The smallest absolute Gasteiger partial charge is 0.271 e. The highest BCUT2D eigenvalue weighted by atomic mass is 35.5. The molecule has 1 aliphatic heterocycles. The molecule has 7 heteroatoms. The van der Waals surface area contributed by atoms with Crippen LogP contribution in [-0.4, -0.2) is 37.4 Å². The molecule has 26 heavy (non-hydrogen) atoms. The Balaban J connectivity index is 1.63. The number of phenolic OH excluding ortho intramolecular Hbond substituents is 1. The van der Waals surface area contributed by atoms with Crippen LogP contribution in [0.25, 0.3) is 0 Å². The topological polar surface area (TPSA) is 74.2 Å². The Morgan fingerprint density at radius 3 is 2.62 bits per heavy atom. The largest absolute Gasteiger partial charge is 0.503 e. The van der Waals surface area contributed by atoms with E-state index in [9.17, 15) is 9.90 Å². The van der Waals surface area contributed by atoms with Crippen LogP contribution in [0.15, 0.2) is 41.5 Å². The number of hydrogen-bond donors (Lipinski definition) is 2. The van der Waals surface area contributed by atoms with Crippen molar-refractivity contribution < 1.29 is 14.6 Å². The fourth-order valence-electron chi connectivity index (χ4n) is 2.85. The molecular weight excluding hydrogens is 354 g/mol. The zero-order chi connectivity index (χ0) is 18.5. The first kappa shape index (κ1) is 18.1. The molecule has 0 unspecified atom stereocenters. The Hall–Kier alpha value is -2.73. The van der Waals surface area contributed by atoms with E-state index in [1.165, 1.54) is 32.2 Å². The van der Waals surface area contributed by atoms with Gasteiger partial charge in [0.15, 0.2) is 11.5 Å². The van der Waals surface area contributed by atoms with Crippen LogP contribution in [0.5, 0.6) is 11.5 Å². The Bertz CT molecular complexity index is 816. The normalized spacial score (nSPS) is 14.0. The average molecular weight is 374 g/mol. The van der Waals surface area contributed by atoms with Gasteiger partial charge in [-0.2, -0.15) is 5.10 Å². The van der Waals surface area contributed by atoms with Gasteiger partial charge in [-0.3, -0.25) is 4.79 Å². The fourth-order valence-corrected chi connectivity index (χ4v) is 3.07.